The lowest BCUT2D eigenvalue weighted by Crippen LogP contribution is -2.09. The molecule has 1 aromatic rings. The summed E-state index contributed by atoms with van der Waals surface area (Å²) in [5.41, 5.74) is 0.304. The first-order valence-electron chi connectivity index (χ1n) is 9.04. The van der Waals surface area contributed by atoms with Crippen LogP contribution in [0.25, 0.3) is 0 Å². The molecule has 0 amide bonds. The highest BCUT2D eigenvalue weighted by Gasteiger charge is 2.17. The van der Waals surface area contributed by atoms with Gasteiger partial charge < -0.3 is 9.84 Å². The highest BCUT2D eigenvalue weighted by Crippen LogP contribution is 2.21. The van der Waals surface area contributed by atoms with Crippen molar-refractivity contribution >= 4 is 11.8 Å². The summed E-state index contributed by atoms with van der Waals surface area (Å²) in [5.74, 6) is -0.683. The average molecular weight is 334 g/mol. The molecule has 0 spiro atoms. The van der Waals surface area contributed by atoms with E-state index in [0.29, 0.717) is 12.2 Å². The first-order chi connectivity index (χ1) is 11.6. The third kappa shape index (κ3) is 7.16. The molecule has 0 aliphatic heterocycles. The van der Waals surface area contributed by atoms with E-state index in [0.717, 1.165) is 19.3 Å². The summed E-state index contributed by atoms with van der Waals surface area (Å²) in [6.07, 6.45) is 11.1. The number of carboxylic acid groups (broad SMARTS) is 1. The van der Waals surface area contributed by atoms with Gasteiger partial charge in [-0.15, -0.1) is 0 Å². The Balaban J connectivity index is 2.36. The number of unbranched alkanes of at least 4 members (excludes halogenated alkanes) is 8. The first-order valence-corrected chi connectivity index (χ1v) is 9.04. The van der Waals surface area contributed by atoms with Crippen molar-refractivity contribution in [3.8, 4) is 5.75 Å². The van der Waals surface area contributed by atoms with E-state index >= 15 is 0 Å². The lowest BCUT2D eigenvalue weighted by molar-refractivity contribution is 0.0691. The summed E-state index contributed by atoms with van der Waals surface area (Å²) in [7, 11) is 1.50. The van der Waals surface area contributed by atoms with E-state index < -0.39 is 5.97 Å². The number of aromatic carboxylic acids is 1. The zero-order valence-corrected chi connectivity index (χ0v) is 15.0. The number of carboxylic acids is 1. The van der Waals surface area contributed by atoms with E-state index in [1.54, 1.807) is 6.07 Å². The topological polar surface area (TPSA) is 63.6 Å². The van der Waals surface area contributed by atoms with Crippen LogP contribution in [0.1, 0.15) is 91.8 Å². The number of carbonyl (C=O) groups is 2. The molecule has 0 aliphatic rings. The third-order valence-corrected chi connectivity index (χ3v) is 4.26. The maximum atomic E-state index is 12.3. The van der Waals surface area contributed by atoms with Crippen LogP contribution in [0.15, 0.2) is 18.2 Å². The molecule has 0 atom stereocenters. The SMILES string of the molecule is CCCCCCCCCCCC(=O)c1cc(OC)ccc1C(=O)O. The van der Waals surface area contributed by atoms with Crippen molar-refractivity contribution in [2.45, 2.75) is 71.1 Å². The van der Waals surface area contributed by atoms with Gasteiger partial charge in [0.1, 0.15) is 5.75 Å². The second-order valence-corrected chi connectivity index (χ2v) is 6.22. The fraction of sp³-hybridized carbons (Fsp3) is 0.600. The third-order valence-electron chi connectivity index (χ3n) is 4.26. The lowest BCUT2D eigenvalue weighted by atomic mass is 9.98. The molecule has 1 aromatic carbocycles. The van der Waals surface area contributed by atoms with Gasteiger partial charge in [0.25, 0.3) is 0 Å². The lowest BCUT2D eigenvalue weighted by Gasteiger charge is -2.08. The number of hydrogen-bond donors (Lipinski definition) is 1. The summed E-state index contributed by atoms with van der Waals surface area (Å²) in [6.45, 7) is 2.22. The molecular formula is C20H30O4. The van der Waals surface area contributed by atoms with Gasteiger partial charge in [0.15, 0.2) is 5.78 Å². The second kappa shape index (κ2) is 11.7. The van der Waals surface area contributed by atoms with Crippen molar-refractivity contribution in [2.24, 2.45) is 0 Å². The molecule has 0 saturated heterocycles. The summed E-state index contributed by atoms with van der Waals surface area (Å²) in [4.78, 5) is 23.6. The van der Waals surface area contributed by atoms with Gasteiger partial charge in [-0.05, 0) is 24.6 Å². The molecule has 0 aromatic heterocycles. The van der Waals surface area contributed by atoms with Gasteiger partial charge in [-0.1, -0.05) is 58.3 Å². The minimum Gasteiger partial charge on any atom is -0.497 e. The van der Waals surface area contributed by atoms with Crippen LogP contribution in [0, 0.1) is 0 Å². The molecule has 0 bridgehead atoms. The van der Waals surface area contributed by atoms with Crippen LogP contribution in [0.4, 0.5) is 0 Å². The number of rotatable bonds is 13. The summed E-state index contributed by atoms with van der Waals surface area (Å²) in [5, 5.41) is 9.22. The Labute approximate surface area is 145 Å². The van der Waals surface area contributed by atoms with Crippen molar-refractivity contribution in [3.63, 3.8) is 0 Å². The molecule has 134 valence electrons. The van der Waals surface area contributed by atoms with Gasteiger partial charge in [0, 0.05) is 12.0 Å². The molecule has 4 heteroatoms. The number of ether oxygens (including phenoxy) is 1. The molecule has 0 heterocycles. The largest absolute Gasteiger partial charge is 0.497 e. The van der Waals surface area contributed by atoms with Crippen LogP contribution in [-0.2, 0) is 0 Å². The van der Waals surface area contributed by atoms with Crippen LogP contribution in [0.2, 0.25) is 0 Å². The maximum Gasteiger partial charge on any atom is 0.336 e. The molecule has 0 unspecified atom stereocenters. The number of carbonyl (C=O) groups excluding carboxylic acids is 1. The zero-order chi connectivity index (χ0) is 17.8. The van der Waals surface area contributed by atoms with E-state index in [4.69, 9.17) is 4.74 Å². The molecule has 0 aliphatic carbocycles. The predicted molar refractivity (Wildman–Crippen MR) is 96.1 cm³/mol. The fourth-order valence-electron chi connectivity index (χ4n) is 2.80. The second-order valence-electron chi connectivity index (χ2n) is 6.22. The quantitative estimate of drug-likeness (QED) is 0.382. The summed E-state index contributed by atoms with van der Waals surface area (Å²) >= 11 is 0. The van der Waals surface area contributed by atoms with E-state index in [9.17, 15) is 14.7 Å². The Morgan fingerprint density at radius 1 is 0.917 bits per heavy atom. The van der Waals surface area contributed by atoms with Gasteiger partial charge >= 0.3 is 5.97 Å². The Kier molecular flexibility index (Phi) is 9.81. The van der Waals surface area contributed by atoms with Crippen LogP contribution < -0.4 is 4.74 Å². The van der Waals surface area contributed by atoms with Crippen molar-refractivity contribution in [2.75, 3.05) is 7.11 Å². The van der Waals surface area contributed by atoms with Crippen LogP contribution in [0.3, 0.4) is 0 Å². The molecule has 4 nitrogen and oxygen atoms in total. The molecule has 0 saturated carbocycles. The van der Waals surface area contributed by atoms with Crippen molar-refractivity contribution in [1.29, 1.82) is 0 Å². The van der Waals surface area contributed by atoms with Crippen molar-refractivity contribution in [3.05, 3.63) is 29.3 Å². The molecular weight excluding hydrogens is 304 g/mol. The van der Waals surface area contributed by atoms with E-state index in [1.165, 1.54) is 57.8 Å². The Morgan fingerprint density at radius 2 is 1.50 bits per heavy atom. The number of methoxy groups -OCH3 is 1. The minimum atomic E-state index is -1.08. The van der Waals surface area contributed by atoms with E-state index in [2.05, 4.69) is 6.92 Å². The van der Waals surface area contributed by atoms with Gasteiger partial charge in [0.2, 0.25) is 0 Å². The van der Waals surface area contributed by atoms with Crippen LogP contribution in [0.5, 0.6) is 5.75 Å². The Hall–Kier alpha value is -1.84. The molecule has 1 N–H and O–H groups in total. The van der Waals surface area contributed by atoms with Gasteiger partial charge in [-0.2, -0.15) is 0 Å². The summed E-state index contributed by atoms with van der Waals surface area (Å²) in [6, 6.07) is 4.53. The smallest absolute Gasteiger partial charge is 0.336 e. The molecule has 0 fully saturated rings. The molecule has 0 radical (unpaired) electrons. The molecule has 1 rings (SSSR count). The highest BCUT2D eigenvalue weighted by atomic mass is 16.5. The van der Waals surface area contributed by atoms with Crippen LogP contribution in [-0.4, -0.2) is 24.0 Å². The Bertz CT molecular complexity index is 522. The molecule has 24 heavy (non-hydrogen) atoms. The Morgan fingerprint density at radius 3 is 2.04 bits per heavy atom. The standard InChI is InChI=1S/C20H30O4/c1-3-4-5-6-7-8-9-10-11-12-19(21)18-15-16(24-2)13-14-17(18)20(22)23/h13-15H,3-12H2,1-2H3,(H,22,23). The maximum absolute atomic E-state index is 12.3. The normalized spacial score (nSPS) is 10.6. The highest BCUT2D eigenvalue weighted by molar-refractivity contribution is 6.06. The van der Waals surface area contributed by atoms with E-state index in [1.807, 2.05) is 0 Å². The fourth-order valence-corrected chi connectivity index (χ4v) is 2.80. The predicted octanol–water partition coefficient (Wildman–Crippen LogP) is 5.50. The number of ketones is 1. The number of benzene rings is 1. The minimum absolute atomic E-state index is 0.0525. The van der Waals surface area contributed by atoms with Gasteiger partial charge in [-0.3, -0.25) is 4.79 Å². The number of hydrogen-bond acceptors (Lipinski definition) is 3. The van der Waals surface area contributed by atoms with Crippen molar-refractivity contribution < 1.29 is 19.4 Å². The van der Waals surface area contributed by atoms with Crippen LogP contribution >= 0.6 is 0 Å². The van der Waals surface area contributed by atoms with Gasteiger partial charge in [0.05, 0.1) is 12.7 Å². The van der Waals surface area contributed by atoms with Gasteiger partial charge in [-0.25, -0.2) is 4.79 Å². The van der Waals surface area contributed by atoms with Crippen molar-refractivity contribution in [1.82, 2.24) is 0 Å². The number of Topliss-reactive ketones (excluding diaryl/α,β-unsaturated/α-hetero) is 1. The average Bonchev–Trinajstić information content (AvgIpc) is 2.59. The first kappa shape index (κ1) is 20.2. The zero-order valence-electron chi connectivity index (χ0n) is 15.0. The van der Waals surface area contributed by atoms with E-state index in [-0.39, 0.29) is 16.9 Å². The summed E-state index contributed by atoms with van der Waals surface area (Å²) < 4.78 is 5.09. The monoisotopic (exact) mass is 334 g/mol.